The second-order valence-corrected chi connectivity index (χ2v) is 10.6. The minimum Gasteiger partial charge on any atom is -0.767 e. The minimum atomic E-state index is -0.284. The summed E-state index contributed by atoms with van der Waals surface area (Å²) in [7, 11) is 0. The van der Waals surface area contributed by atoms with E-state index in [4.69, 9.17) is 0 Å². The monoisotopic (exact) mass is 569 g/mol. The molecule has 42 heavy (non-hydrogen) atoms. The van der Waals surface area contributed by atoms with Gasteiger partial charge in [0.15, 0.2) is 11.6 Å². The Morgan fingerprint density at radius 3 is 2.55 bits per heavy atom. The highest BCUT2D eigenvalue weighted by Crippen LogP contribution is 2.26. The molecule has 4 heterocycles. The van der Waals surface area contributed by atoms with Crippen LogP contribution in [0.2, 0.25) is 0 Å². The van der Waals surface area contributed by atoms with Gasteiger partial charge in [-0.25, -0.2) is 9.97 Å². The fourth-order valence-electron chi connectivity index (χ4n) is 5.49. The average Bonchev–Trinajstić information content (AvgIpc) is 3.64. The van der Waals surface area contributed by atoms with Gasteiger partial charge in [0.1, 0.15) is 0 Å². The largest absolute Gasteiger partial charge is 0.767 e. The van der Waals surface area contributed by atoms with E-state index in [1.807, 2.05) is 21.9 Å². The molecular weight excluding hydrogens is 536 g/mol. The molecule has 0 saturated carbocycles. The summed E-state index contributed by atoms with van der Waals surface area (Å²) in [6.07, 6.45) is 4.13. The number of anilines is 3. The zero-order valence-electron chi connectivity index (χ0n) is 23.4. The van der Waals surface area contributed by atoms with E-state index in [0.717, 1.165) is 35.0 Å². The maximum absolute atomic E-state index is 13.1. The van der Waals surface area contributed by atoms with Gasteiger partial charge in [-0.2, -0.15) is 5.10 Å². The molecule has 0 spiro atoms. The lowest BCUT2D eigenvalue weighted by atomic mass is 10.1. The maximum Gasteiger partial charge on any atom is 0.236 e. The number of piperazine rings is 1. The first kappa shape index (κ1) is 27.6. The highest BCUT2D eigenvalue weighted by atomic mass is 16.5. The molecule has 6 rings (SSSR count). The third kappa shape index (κ3) is 6.17. The van der Waals surface area contributed by atoms with E-state index in [1.165, 1.54) is 6.92 Å². The van der Waals surface area contributed by atoms with Crippen LogP contribution >= 0.6 is 0 Å². The number of carbonyl (C=O) groups excluding carboxylic acids is 2. The first-order valence-corrected chi connectivity index (χ1v) is 14.0. The number of carbonyl (C=O) groups is 2. The Morgan fingerprint density at radius 1 is 1.05 bits per heavy atom. The van der Waals surface area contributed by atoms with Gasteiger partial charge in [0.2, 0.25) is 11.8 Å². The van der Waals surface area contributed by atoms with Crippen LogP contribution in [0.4, 0.5) is 17.2 Å². The van der Waals surface area contributed by atoms with Gasteiger partial charge in [-0.15, -0.1) is 0 Å². The molecule has 0 aliphatic carbocycles. The molecule has 13 nitrogen and oxygen atoms in total. The van der Waals surface area contributed by atoms with E-state index in [2.05, 4.69) is 47.9 Å². The van der Waals surface area contributed by atoms with Crippen LogP contribution in [-0.2, 0) is 9.59 Å². The normalized spacial score (nSPS) is 17.6. The molecule has 2 aliphatic heterocycles. The zero-order chi connectivity index (χ0) is 29.1. The summed E-state index contributed by atoms with van der Waals surface area (Å²) in [4.78, 5) is 39.4. The van der Waals surface area contributed by atoms with Crippen molar-refractivity contribution in [2.45, 2.75) is 19.4 Å². The predicted molar refractivity (Wildman–Crippen MR) is 160 cm³/mol. The number of nitrogens with one attached hydrogen (secondary N) is 3. The van der Waals surface area contributed by atoms with Gasteiger partial charge in [0, 0.05) is 87.0 Å². The lowest BCUT2D eigenvalue weighted by Gasteiger charge is -2.37. The van der Waals surface area contributed by atoms with E-state index in [0.29, 0.717) is 61.9 Å². The topological polar surface area (TPSA) is 149 Å². The molecule has 2 saturated heterocycles. The number of hydroxylamine groups is 1. The molecular formula is C29H33N10O3-. The van der Waals surface area contributed by atoms with Crippen LogP contribution in [0, 0.1) is 5.21 Å². The second-order valence-electron chi connectivity index (χ2n) is 10.6. The number of likely N-dealkylation sites (tertiary alicyclic amines) is 1. The van der Waals surface area contributed by atoms with E-state index in [1.54, 1.807) is 36.7 Å². The fraction of sp³-hybridized carbons (Fsp3) is 0.345. The molecule has 2 amide bonds. The van der Waals surface area contributed by atoms with Gasteiger partial charge in [0.25, 0.3) is 0 Å². The van der Waals surface area contributed by atoms with E-state index in [-0.39, 0.29) is 17.9 Å². The van der Waals surface area contributed by atoms with Crippen LogP contribution in [0.1, 0.15) is 13.3 Å². The minimum absolute atomic E-state index is 0.0909. The Labute approximate surface area is 243 Å². The van der Waals surface area contributed by atoms with Gasteiger partial charge >= 0.3 is 0 Å². The molecule has 0 unspecified atom stereocenters. The number of nitrogens with zero attached hydrogens (tertiary/aromatic N) is 7. The standard InChI is InChI=1S/C29H33N10O3/c1-20(40)32-29-25-17-22(5-8-26(25)33-34-29)35-39(42)24-9-12-36(18-24)19-27(41)38-15-13-37(14-16-38)23-6-3-21(4-7-23)28-30-10-2-11-31-28/h2-8,10-11,17,24,35H,9,12-16,18-19H2,1H3,(H2,32,33,34,40)/q-1/t24-/m1/s1. The van der Waals surface area contributed by atoms with Gasteiger partial charge < -0.3 is 25.7 Å². The Balaban J connectivity index is 0.970. The van der Waals surface area contributed by atoms with Crippen molar-refractivity contribution >= 4 is 39.9 Å². The maximum atomic E-state index is 13.1. The fourth-order valence-corrected chi connectivity index (χ4v) is 5.49. The molecule has 0 bridgehead atoms. The van der Waals surface area contributed by atoms with Crippen molar-refractivity contribution in [3.05, 3.63) is 66.1 Å². The van der Waals surface area contributed by atoms with Crippen molar-refractivity contribution in [3.63, 3.8) is 0 Å². The Hall–Kier alpha value is -4.59. The number of aromatic nitrogens is 4. The molecule has 4 aromatic rings. The summed E-state index contributed by atoms with van der Waals surface area (Å²) >= 11 is 0. The van der Waals surface area contributed by atoms with Gasteiger partial charge in [0.05, 0.1) is 12.1 Å². The Kier molecular flexibility index (Phi) is 7.95. The first-order chi connectivity index (χ1) is 20.4. The highest BCUT2D eigenvalue weighted by Gasteiger charge is 2.28. The number of rotatable bonds is 8. The van der Waals surface area contributed by atoms with Gasteiger partial charge in [-0.1, -0.05) is 0 Å². The number of benzene rings is 2. The van der Waals surface area contributed by atoms with E-state index >= 15 is 0 Å². The van der Waals surface area contributed by atoms with Crippen molar-refractivity contribution in [2.24, 2.45) is 0 Å². The van der Waals surface area contributed by atoms with E-state index < -0.39 is 0 Å². The lowest BCUT2D eigenvalue weighted by Crippen LogP contribution is -2.51. The summed E-state index contributed by atoms with van der Waals surface area (Å²) in [5, 5.41) is 24.2. The van der Waals surface area contributed by atoms with E-state index in [9.17, 15) is 14.8 Å². The summed E-state index contributed by atoms with van der Waals surface area (Å²) < 4.78 is 0. The molecule has 3 N–H and O–H groups in total. The van der Waals surface area contributed by atoms with Gasteiger partial charge in [-0.05, 0) is 55.0 Å². The molecule has 13 heteroatoms. The Bertz CT molecular complexity index is 1540. The molecule has 218 valence electrons. The molecule has 2 aromatic carbocycles. The smallest absolute Gasteiger partial charge is 0.236 e. The SMILES string of the molecule is CC(=O)Nc1n[nH]c2ccc(NN([O-])[C@@H]3CCN(CC(=O)N4CCN(c5ccc(-c6ncccn6)cc5)CC4)C3)cc12. The van der Waals surface area contributed by atoms with Crippen LogP contribution in [-0.4, -0.2) is 98.8 Å². The van der Waals surface area contributed by atoms with Crippen molar-refractivity contribution in [1.82, 2.24) is 35.1 Å². The predicted octanol–water partition coefficient (Wildman–Crippen LogP) is 2.53. The quantitative estimate of drug-likeness (QED) is 0.270. The number of hydrogen-bond acceptors (Lipinski definition) is 10. The van der Waals surface area contributed by atoms with Crippen LogP contribution in [0.15, 0.2) is 60.9 Å². The van der Waals surface area contributed by atoms with Crippen molar-refractivity contribution in [3.8, 4) is 11.4 Å². The summed E-state index contributed by atoms with van der Waals surface area (Å²) in [6.45, 7) is 5.75. The molecule has 2 fully saturated rings. The summed E-state index contributed by atoms with van der Waals surface area (Å²) in [5.74, 6) is 0.987. The second kappa shape index (κ2) is 12.1. The third-order valence-electron chi connectivity index (χ3n) is 7.72. The number of hydrazine groups is 1. The van der Waals surface area contributed by atoms with Gasteiger partial charge in [-0.3, -0.25) is 24.8 Å². The Morgan fingerprint density at radius 2 is 1.81 bits per heavy atom. The molecule has 2 aliphatic rings. The number of fused-ring (bicyclic) bond motifs is 1. The summed E-state index contributed by atoms with van der Waals surface area (Å²) in [6, 6.07) is 15.1. The molecule has 1 atom stereocenters. The number of hydrogen-bond donors (Lipinski definition) is 3. The highest BCUT2D eigenvalue weighted by molar-refractivity contribution is 5.99. The first-order valence-electron chi connectivity index (χ1n) is 14.0. The van der Waals surface area contributed by atoms with Crippen LogP contribution in [0.25, 0.3) is 22.3 Å². The molecule has 0 radical (unpaired) electrons. The number of H-pyrrole nitrogens is 1. The third-order valence-corrected chi connectivity index (χ3v) is 7.72. The zero-order valence-corrected chi connectivity index (χ0v) is 23.4. The summed E-state index contributed by atoms with van der Waals surface area (Å²) in [5.41, 5.74) is 6.35. The lowest BCUT2D eigenvalue weighted by molar-refractivity contribution is -0.132. The van der Waals surface area contributed by atoms with Crippen LogP contribution in [0.5, 0.6) is 0 Å². The van der Waals surface area contributed by atoms with Crippen LogP contribution in [0.3, 0.4) is 0 Å². The van der Waals surface area contributed by atoms with Crippen molar-refractivity contribution in [1.29, 1.82) is 0 Å². The number of aromatic amines is 1. The number of amides is 2. The van der Waals surface area contributed by atoms with Crippen molar-refractivity contribution < 1.29 is 9.59 Å². The van der Waals surface area contributed by atoms with Crippen LogP contribution < -0.4 is 15.6 Å². The average molecular weight is 570 g/mol. The molecule has 2 aromatic heterocycles. The van der Waals surface area contributed by atoms with Crippen molar-refractivity contribution in [2.75, 3.05) is 61.5 Å².